The second-order valence-corrected chi connectivity index (χ2v) is 27.1. The maximum Gasteiger partial charge on any atom is 0.394 e. The lowest BCUT2D eigenvalue weighted by atomic mass is 10.0. The Morgan fingerprint density at radius 3 is 1.08 bits per heavy atom. The fourth-order valence-corrected chi connectivity index (χ4v) is 10.2. The molecule has 4 fully saturated rings. The number of nitro groups is 5. The number of carbonyl (C=O) groups excluding carboxylic acids is 3. The molecular weight excluding hydrogens is 1580 g/mol. The largest absolute Gasteiger partial charge is 0.507 e. The molecule has 0 saturated heterocycles. The first-order valence-corrected chi connectivity index (χ1v) is 38.7. The van der Waals surface area contributed by atoms with Crippen molar-refractivity contribution >= 4 is 79.2 Å². The van der Waals surface area contributed by atoms with E-state index in [1.165, 1.54) is 98.8 Å². The number of nitrogens with zero attached hydrogens (tertiary/aromatic N) is 5. The van der Waals surface area contributed by atoms with E-state index >= 15 is 0 Å². The molecule has 0 bridgehead atoms. The van der Waals surface area contributed by atoms with Gasteiger partial charge in [-0.2, -0.15) is 8.42 Å². The minimum atomic E-state index is -4.67. The van der Waals surface area contributed by atoms with Gasteiger partial charge in [0.15, 0.2) is 5.78 Å². The van der Waals surface area contributed by atoms with Gasteiger partial charge in [0, 0.05) is 90.6 Å². The maximum absolute atomic E-state index is 11.7. The zero-order valence-corrected chi connectivity index (χ0v) is 66.8. The molecule has 0 atom stereocenters. The number of rotatable bonds is 24. The molecule has 4 aliphatic rings. The van der Waals surface area contributed by atoms with E-state index in [1.807, 2.05) is 76.2 Å². The number of phenols is 1. The molecule has 0 radical (unpaired) electrons. The molecule has 4 aliphatic carbocycles. The quantitative estimate of drug-likeness (QED) is 0.00971. The fourth-order valence-electron chi connectivity index (χ4n) is 10.2. The third-order valence-electron chi connectivity index (χ3n) is 16.9. The van der Waals surface area contributed by atoms with E-state index in [4.69, 9.17) is 47.9 Å². The van der Waals surface area contributed by atoms with E-state index in [2.05, 4.69) is 55.7 Å². The summed E-state index contributed by atoms with van der Waals surface area (Å²) in [5.74, 6) is 3.03. The Morgan fingerprint density at radius 2 is 0.736 bits per heavy atom. The molecule has 0 aromatic heterocycles. The molecule has 0 spiro atoms. The lowest BCUT2D eigenvalue weighted by Crippen LogP contribution is -2.11. The van der Waals surface area contributed by atoms with Crippen molar-refractivity contribution in [2.24, 2.45) is 0 Å². The first kappa shape index (κ1) is 115. The molecular formula is C89H131N9O22S. The Bertz CT molecular complexity index is 4620. The van der Waals surface area contributed by atoms with Gasteiger partial charge in [-0.1, -0.05) is 156 Å². The number of amides is 2. The summed E-state index contributed by atoms with van der Waals surface area (Å²) < 4.78 is 54.6. The van der Waals surface area contributed by atoms with Crippen LogP contribution < -0.4 is 41.0 Å². The van der Waals surface area contributed by atoms with Crippen LogP contribution in [0.15, 0.2) is 152 Å². The van der Waals surface area contributed by atoms with Crippen molar-refractivity contribution in [3.8, 4) is 28.7 Å². The average molecular weight is 1710 g/mol. The summed E-state index contributed by atoms with van der Waals surface area (Å²) in [6, 6.07) is 43.0. The predicted octanol–water partition coefficient (Wildman–Crippen LogP) is 22.5. The smallest absolute Gasteiger partial charge is 0.394 e. The number of ketones is 1. The summed E-state index contributed by atoms with van der Waals surface area (Å²) in [5.41, 5.74) is 22.1. The summed E-state index contributed by atoms with van der Waals surface area (Å²) >= 11 is 0. The van der Waals surface area contributed by atoms with Crippen LogP contribution in [0, 0.1) is 50.6 Å². The molecule has 0 aliphatic heterocycles. The van der Waals surface area contributed by atoms with Crippen LogP contribution >= 0.6 is 0 Å². The van der Waals surface area contributed by atoms with Crippen LogP contribution in [0.1, 0.15) is 234 Å². The number of hydrogen-bond acceptors (Lipinski definition) is 22. The first-order chi connectivity index (χ1) is 54.0. The number of carbonyl (C=O) groups is 3. The topological polar surface area (TPSA) is 475 Å². The Hall–Kier alpha value is -12.2. The lowest BCUT2D eigenvalue weighted by molar-refractivity contribution is -0.394. The van der Waals surface area contributed by atoms with Crippen molar-refractivity contribution < 1.29 is 80.6 Å². The number of nitrogens with one attached hydrogen (secondary N) is 2. The number of ether oxygens (including phenoxy) is 4. The molecule has 121 heavy (non-hydrogen) atoms. The minimum Gasteiger partial charge on any atom is -0.507 e. The second-order valence-electron chi connectivity index (χ2n) is 26.2. The zero-order valence-electron chi connectivity index (χ0n) is 66.0. The Kier molecular flexibility index (Phi) is 55.1. The van der Waals surface area contributed by atoms with Gasteiger partial charge in [-0.3, -0.25) is 74.1 Å². The number of nitrogen functional groups attached to an aromatic ring is 2. The molecule has 670 valence electrons. The van der Waals surface area contributed by atoms with Crippen LogP contribution in [0.25, 0.3) is 0 Å². The van der Waals surface area contributed by atoms with Gasteiger partial charge >= 0.3 is 10.4 Å². The number of benzene rings is 8. The van der Waals surface area contributed by atoms with Gasteiger partial charge in [-0.15, -0.1) is 0 Å². The van der Waals surface area contributed by atoms with Crippen LogP contribution in [0.5, 0.6) is 28.7 Å². The summed E-state index contributed by atoms with van der Waals surface area (Å²) in [4.78, 5) is 83.3. The minimum absolute atomic E-state index is 0. The fraction of sp³-hybridized carbons (Fsp3) is 0.427. The highest BCUT2D eigenvalue weighted by atomic mass is 32.3. The van der Waals surface area contributed by atoms with Crippen molar-refractivity contribution in [1.82, 2.24) is 0 Å². The van der Waals surface area contributed by atoms with Crippen LogP contribution in [-0.4, -0.2) is 89.3 Å². The lowest BCUT2D eigenvalue weighted by Gasteiger charge is -2.15. The molecule has 9 N–H and O–H groups in total. The molecule has 0 unspecified atom stereocenters. The molecule has 12 rings (SSSR count). The van der Waals surface area contributed by atoms with E-state index in [9.17, 15) is 70.1 Å². The Morgan fingerprint density at radius 1 is 0.397 bits per heavy atom. The highest BCUT2D eigenvalue weighted by Gasteiger charge is 2.28. The number of nitro benzene ring substituents is 5. The number of non-ortho nitro benzene ring substituents is 4. The number of hydrogen-bond donors (Lipinski definition) is 7. The maximum atomic E-state index is 11.7. The third-order valence-corrected chi connectivity index (χ3v) is 16.9. The highest BCUT2D eigenvalue weighted by Crippen LogP contribution is 2.37. The molecule has 4 saturated carbocycles. The SMILES string of the molecule is C.C.C.C.C.C.C.CCc1cc(C(C)=O)c(NC(C)=O)cc1OC1CC1.CCc1ccc(N)cc1OC1CC1.CCc1ccc(NC(C)=O)cc1OC1CC1.CCc1ccc([N+](=O)[O-])cc1N.CCc1ccc([N+](=O)[O-])cc1O.CCc1ccc([N+](=O)[O-])cc1OC1CC1.CCc1ccc([N+](=O)[O-])cc1[N+](=O)[O-].CCc1ccccc1.O=S(=O)(O)O. The molecule has 0 heterocycles. The molecule has 32 heteroatoms. The zero-order chi connectivity index (χ0) is 84.9. The van der Waals surface area contributed by atoms with Crippen LogP contribution in [0.4, 0.5) is 51.2 Å². The standard InChI is InChI=1S/C15H19NO3.C13H17NO2.C11H13NO3.C11H15NO.C8H8N2O4.C8H10N2O2.C8H9NO3.C8H10.7CH4.H2O4S/c1-4-11-7-13(9(2)17)14(16-10(3)18)8-15(11)19-12-5-6-12;1-3-10-4-5-11(14-9(2)15)8-13(10)16-12-6-7-12;1-2-8-3-4-9(12(13)14)7-11(8)15-10-5-6-10;1-2-8-3-4-9(12)7-11(8)13-10-5-6-10;1-2-6-3-4-7(9(11)12)5-8(6)10(13)14;1-2-6-3-4-7(10(11)12)5-8(6)9;1-2-6-3-4-7(9(11)12)5-8(6)10;1-2-8-6-4-3-5-7-8;;;;;;;;1-5(2,3)4/h7-8,12H,4-6H2,1-3H3,(H,16,18);4-5,8,12H,3,6-7H2,1-2H3,(H,14,15);3-4,7,10H,2,5-6H2,1H3;3-4,7,10H,2,5-6,12H2,1H3;3-5H,2H2,1H3;3-5H,2,9H2,1H3;3-5,10H,2H2,1H3;3-7H,2H2,1H3;7*1H4;(H2,1,2,3,4). The van der Waals surface area contributed by atoms with Gasteiger partial charge < -0.3 is 46.2 Å². The van der Waals surface area contributed by atoms with Crippen LogP contribution in [-0.2, 0) is 71.4 Å². The average Bonchev–Trinajstić information content (AvgIpc) is 1.78. The third kappa shape index (κ3) is 43.9. The van der Waals surface area contributed by atoms with E-state index in [0.717, 1.165) is 134 Å². The second kappa shape index (κ2) is 57.9. The van der Waals surface area contributed by atoms with E-state index in [1.54, 1.807) is 31.2 Å². The van der Waals surface area contributed by atoms with Crippen molar-refractivity contribution in [3.05, 3.63) is 252 Å². The van der Waals surface area contributed by atoms with E-state index in [0.29, 0.717) is 59.4 Å². The van der Waals surface area contributed by atoms with Gasteiger partial charge in [0.1, 0.15) is 28.7 Å². The predicted molar refractivity (Wildman–Crippen MR) is 485 cm³/mol. The molecule has 31 nitrogen and oxygen atoms in total. The van der Waals surface area contributed by atoms with Crippen LogP contribution in [0.3, 0.4) is 0 Å². The molecule has 8 aromatic carbocycles. The molecule has 8 aromatic rings. The van der Waals surface area contributed by atoms with Crippen molar-refractivity contribution in [2.75, 3.05) is 22.1 Å². The normalized spacial score (nSPS) is 11.8. The number of phenolic OH excluding ortho intramolecular Hbond substituents is 1. The Labute approximate surface area is 714 Å². The highest BCUT2D eigenvalue weighted by molar-refractivity contribution is 7.79. The monoisotopic (exact) mass is 1710 g/mol. The summed E-state index contributed by atoms with van der Waals surface area (Å²) in [7, 11) is -4.67. The Balaban J connectivity index is -0.000000640. The van der Waals surface area contributed by atoms with Gasteiger partial charge in [-0.25, -0.2) is 0 Å². The van der Waals surface area contributed by atoms with Crippen LogP contribution in [0.2, 0.25) is 0 Å². The summed E-state index contributed by atoms with van der Waals surface area (Å²) in [6.07, 6.45) is 17.0. The van der Waals surface area contributed by atoms with Gasteiger partial charge in [0.2, 0.25) is 11.8 Å². The van der Waals surface area contributed by atoms with Crippen molar-refractivity contribution in [3.63, 3.8) is 0 Å². The summed E-state index contributed by atoms with van der Waals surface area (Å²) in [5, 5.41) is 66.8. The number of nitrogens with two attached hydrogens (primary N) is 2. The van der Waals surface area contributed by atoms with E-state index in [-0.39, 0.29) is 115 Å². The number of anilines is 4. The van der Waals surface area contributed by atoms with Gasteiger partial charge in [0.05, 0.1) is 72.9 Å². The first-order valence-electron chi connectivity index (χ1n) is 37.3. The number of Topliss-reactive ketones (excluding diaryl/α,β-unsaturated/α-hetero) is 1. The van der Waals surface area contributed by atoms with Gasteiger partial charge in [0.25, 0.3) is 28.4 Å². The summed E-state index contributed by atoms with van der Waals surface area (Å²) in [6.45, 7) is 20.5. The number of aryl methyl sites for hydroxylation is 8. The van der Waals surface area contributed by atoms with Crippen molar-refractivity contribution in [2.45, 2.75) is 255 Å². The van der Waals surface area contributed by atoms with Crippen molar-refractivity contribution in [1.29, 1.82) is 0 Å². The molecule has 2 amide bonds. The van der Waals surface area contributed by atoms with E-state index < -0.39 is 30.1 Å². The number of aromatic hydroxyl groups is 1. The van der Waals surface area contributed by atoms with Gasteiger partial charge in [-0.05, 0) is 185 Å².